The molecule has 1 aliphatic rings. The number of rotatable bonds is 5. The standard InChI is InChI=1S/C18H15N3O3S/c22-17-14-6-2-3-7-15(14)19-18(20(17)13-9-10-13)25-11-12-5-1-4-8-16(12)21(23)24/h1-8,13H,9-11H2. The van der Waals surface area contributed by atoms with E-state index in [1.165, 1.54) is 17.8 Å². The van der Waals surface area contributed by atoms with Crippen LogP contribution in [-0.2, 0) is 5.75 Å². The van der Waals surface area contributed by atoms with Crippen molar-refractivity contribution in [1.82, 2.24) is 9.55 Å². The number of fused-ring (bicyclic) bond motifs is 1. The van der Waals surface area contributed by atoms with Gasteiger partial charge in [0, 0.05) is 23.4 Å². The van der Waals surface area contributed by atoms with Crippen LogP contribution in [-0.4, -0.2) is 14.5 Å². The largest absolute Gasteiger partial charge is 0.284 e. The number of nitro benzene ring substituents is 1. The van der Waals surface area contributed by atoms with Gasteiger partial charge >= 0.3 is 0 Å². The molecule has 0 N–H and O–H groups in total. The van der Waals surface area contributed by atoms with Crippen LogP contribution in [0, 0.1) is 10.1 Å². The first-order valence-electron chi connectivity index (χ1n) is 8.01. The van der Waals surface area contributed by atoms with E-state index in [9.17, 15) is 14.9 Å². The molecule has 0 bridgehead atoms. The van der Waals surface area contributed by atoms with Crippen molar-refractivity contribution in [3.05, 3.63) is 74.6 Å². The Morgan fingerprint density at radius 1 is 1.16 bits per heavy atom. The van der Waals surface area contributed by atoms with Crippen LogP contribution in [0.4, 0.5) is 5.69 Å². The van der Waals surface area contributed by atoms with Crippen LogP contribution in [0.25, 0.3) is 10.9 Å². The molecule has 1 heterocycles. The second kappa shape index (κ2) is 6.33. The van der Waals surface area contributed by atoms with Gasteiger partial charge in [-0.15, -0.1) is 0 Å². The molecule has 0 radical (unpaired) electrons. The predicted molar refractivity (Wildman–Crippen MR) is 96.9 cm³/mol. The fourth-order valence-corrected chi connectivity index (χ4v) is 3.90. The van der Waals surface area contributed by atoms with Crippen molar-refractivity contribution in [2.24, 2.45) is 0 Å². The van der Waals surface area contributed by atoms with Gasteiger partial charge in [0.15, 0.2) is 5.16 Å². The van der Waals surface area contributed by atoms with E-state index in [4.69, 9.17) is 0 Å². The molecule has 0 unspecified atom stereocenters. The van der Waals surface area contributed by atoms with Gasteiger partial charge in [-0.3, -0.25) is 19.5 Å². The molecule has 1 saturated carbocycles. The monoisotopic (exact) mass is 353 g/mol. The normalized spacial score (nSPS) is 13.9. The highest BCUT2D eigenvalue weighted by atomic mass is 32.2. The first-order valence-corrected chi connectivity index (χ1v) is 9.00. The number of thioether (sulfide) groups is 1. The average molecular weight is 353 g/mol. The SMILES string of the molecule is O=c1c2ccccc2nc(SCc2ccccc2[N+](=O)[O-])n1C1CC1. The average Bonchev–Trinajstić information content (AvgIpc) is 3.45. The quantitative estimate of drug-likeness (QED) is 0.300. The zero-order valence-electron chi connectivity index (χ0n) is 13.3. The van der Waals surface area contributed by atoms with Crippen molar-refractivity contribution >= 4 is 28.4 Å². The van der Waals surface area contributed by atoms with Crippen LogP contribution in [0.2, 0.25) is 0 Å². The van der Waals surface area contributed by atoms with Gasteiger partial charge in [0.2, 0.25) is 0 Å². The van der Waals surface area contributed by atoms with Crippen molar-refractivity contribution in [3.8, 4) is 0 Å². The Labute approximate surface area is 147 Å². The summed E-state index contributed by atoms with van der Waals surface area (Å²) >= 11 is 1.38. The van der Waals surface area contributed by atoms with Crippen molar-refractivity contribution < 1.29 is 4.92 Å². The highest BCUT2D eigenvalue weighted by Crippen LogP contribution is 2.37. The van der Waals surface area contributed by atoms with E-state index < -0.39 is 0 Å². The Morgan fingerprint density at radius 2 is 1.88 bits per heavy atom. The number of hydrogen-bond acceptors (Lipinski definition) is 5. The summed E-state index contributed by atoms with van der Waals surface area (Å²) in [7, 11) is 0. The summed E-state index contributed by atoms with van der Waals surface area (Å²) in [6, 6.07) is 14.2. The van der Waals surface area contributed by atoms with E-state index in [0.29, 0.717) is 27.4 Å². The van der Waals surface area contributed by atoms with Crippen LogP contribution < -0.4 is 5.56 Å². The fourth-order valence-electron chi connectivity index (χ4n) is 2.84. The Hall–Kier alpha value is -2.67. The number of hydrogen-bond donors (Lipinski definition) is 0. The van der Waals surface area contributed by atoms with Crippen LogP contribution in [0.5, 0.6) is 0 Å². The number of para-hydroxylation sites is 2. The summed E-state index contributed by atoms with van der Waals surface area (Å²) in [6.45, 7) is 0. The Morgan fingerprint density at radius 3 is 2.64 bits per heavy atom. The molecule has 0 saturated heterocycles. The van der Waals surface area contributed by atoms with E-state index in [1.54, 1.807) is 28.8 Å². The second-order valence-electron chi connectivity index (χ2n) is 5.99. The highest BCUT2D eigenvalue weighted by Gasteiger charge is 2.28. The Kier molecular flexibility index (Phi) is 4.01. The molecular weight excluding hydrogens is 338 g/mol. The zero-order chi connectivity index (χ0) is 17.4. The van der Waals surface area contributed by atoms with Gasteiger partial charge in [-0.1, -0.05) is 42.1 Å². The smallest absolute Gasteiger partial charge is 0.273 e. The third-order valence-electron chi connectivity index (χ3n) is 4.23. The molecule has 7 heteroatoms. The Bertz CT molecular complexity index is 1030. The van der Waals surface area contributed by atoms with Gasteiger partial charge in [0.1, 0.15) is 0 Å². The molecule has 2 aromatic carbocycles. The van der Waals surface area contributed by atoms with Crippen molar-refractivity contribution in [2.45, 2.75) is 29.8 Å². The van der Waals surface area contributed by atoms with Gasteiger partial charge in [0.25, 0.3) is 11.2 Å². The first kappa shape index (κ1) is 15.8. The summed E-state index contributed by atoms with van der Waals surface area (Å²) in [4.78, 5) is 28.3. The first-order chi connectivity index (χ1) is 12.1. The van der Waals surface area contributed by atoms with Crippen molar-refractivity contribution in [2.75, 3.05) is 0 Å². The molecular formula is C18H15N3O3S. The number of benzene rings is 2. The lowest BCUT2D eigenvalue weighted by Crippen LogP contribution is -2.22. The van der Waals surface area contributed by atoms with Crippen LogP contribution in [0.1, 0.15) is 24.4 Å². The van der Waals surface area contributed by atoms with Gasteiger partial charge in [-0.05, 0) is 25.0 Å². The van der Waals surface area contributed by atoms with Crippen LogP contribution >= 0.6 is 11.8 Å². The van der Waals surface area contributed by atoms with Gasteiger partial charge in [-0.2, -0.15) is 0 Å². The van der Waals surface area contributed by atoms with E-state index in [1.807, 2.05) is 18.2 Å². The molecule has 1 aromatic heterocycles. The minimum atomic E-state index is -0.377. The zero-order valence-corrected chi connectivity index (χ0v) is 14.1. The minimum absolute atomic E-state index is 0.0295. The van der Waals surface area contributed by atoms with E-state index in [-0.39, 0.29) is 22.2 Å². The Balaban J connectivity index is 1.74. The molecule has 126 valence electrons. The fraction of sp³-hybridized carbons (Fsp3) is 0.222. The summed E-state index contributed by atoms with van der Waals surface area (Å²) in [6.07, 6.45) is 1.94. The predicted octanol–water partition coefficient (Wildman–Crippen LogP) is 3.93. The van der Waals surface area contributed by atoms with Crippen LogP contribution in [0.15, 0.2) is 58.5 Å². The molecule has 4 rings (SSSR count). The molecule has 1 fully saturated rings. The van der Waals surface area contributed by atoms with Gasteiger partial charge < -0.3 is 0 Å². The lowest BCUT2D eigenvalue weighted by Gasteiger charge is -2.12. The summed E-state index contributed by atoms with van der Waals surface area (Å²) in [5, 5.41) is 12.4. The maximum Gasteiger partial charge on any atom is 0.273 e. The number of nitrogens with zero attached hydrogens (tertiary/aromatic N) is 3. The number of aromatic nitrogens is 2. The molecule has 0 atom stereocenters. The molecule has 1 aliphatic carbocycles. The van der Waals surface area contributed by atoms with E-state index >= 15 is 0 Å². The highest BCUT2D eigenvalue weighted by molar-refractivity contribution is 7.98. The van der Waals surface area contributed by atoms with Crippen LogP contribution in [0.3, 0.4) is 0 Å². The molecule has 0 spiro atoms. The lowest BCUT2D eigenvalue weighted by molar-refractivity contribution is -0.385. The van der Waals surface area contributed by atoms with E-state index in [2.05, 4.69) is 4.98 Å². The maximum atomic E-state index is 12.8. The topological polar surface area (TPSA) is 78.0 Å². The van der Waals surface area contributed by atoms with Gasteiger partial charge in [-0.25, -0.2) is 4.98 Å². The third-order valence-corrected chi connectivity index (χ3v) is 5.23. The molecule has 25 heavy (non-hydrogen) atoms. The third kappa shape index (κ3) is 3.02. The van der Waals surface area contributed by atoms with E-state index in [0.717, 1.165) is 12.8 Å². The van der Waals surface area contributed by atoms with Crippen molar-refractivity contribution in [3.63, 3.8) is 0 Å². The summed E-state index contributed by atoms with van der Waals surface area (Å²) in [5.74, 6) is 0.397. The minimum Gasteiger partial charge on any atom is -0.284 e. The summed E-state index contributed by atoms with van der Waals surface area (Å²) < 4.78 is 1.75. The molecule has 6 nitrogen and oxygen atoms in total. The maximum absolute atomic E-state index is 12.8. The molecule has 3 aromatic rings. The van der Waals surface area contributed by atoms with Crippen molar-refractivity contribution in [1.29, 1.82) is 0 Å². The molecule has 0 amide bonds. The number of nitro groups is 1. The molecule has 0 aliphatic heterocycles. The lowest BCUT2D eigenvalue weighted by atomic mass is 10.2. The van der Waals surface area contributed by atoms with Gasteiger partial charge in [0.05, 0.1) is 15.8 Å². The second-order valence-corrected chi connectivity index (χ2v) is 6.93. The summed E-state index contributed by atoms with van der Waals surface area (Å²) in [5.41, 5.74) is 1.35.